The number of carbonyl (C=O) groups is 1. The Hall–Kier alpha value is -1.67. The fourth-order valence-corrected chi connectivity index (χ4v) is 3.10. The first-order valence-corrected chi connectivity index (χ1v) is 8.52. The van der Waals surface area contributed by atoms with Crippen LogP contribution in [0.3, 0.4) is 0 Å². The molecule has 1 aliphatic heterocycles. The molecule has 2 atom stereocenters. The molecule has 23 heavy (non-hydrogen) atoms. The SMILES string of the molecule is O=C(NC[C@@H](O)c1cccnc1)[C@@H]1CCc2cc(I)ccc2O1. The molecule has 3 rings (SSSR count). The van der Waals surface area contributed by atoms with Gasteiger partial charge in [0.25, 0.3) is 5.91 Å². The highest BCUT2D eigenvalue weighted by atomic mass is 127. The summed E-state index contributed by atoms with van der Waals surface area (Å²) >= 11 is 2.26. The molecule has 0 bridgehead atoms. The van der Waals surface area contributed by atoms with E-state index in [4.69, 9.17) is 4.74 Å². The zero-order chi connectivity index (χ0) is 16.2. The summed E-state index contributed by atoms with van der Waals surface area (Å²) < 4.78 is 6.94. The van der Waals surface area contributed by atoms with Crippen LogP contribution in [-0.2, 0) is 11.2 Å². The Balaban J connectivity index is 1.56. The Morgan fingerprint density at radius 3 is 3.13 bits per heavy atom. The highest BCUT2D eigenvalue weighted by Crippen LogP contribution is 2.29. The van der Waals surface area contributed by atoms with E-state index in [1.165, 1.54) is 0 Å². The van der Waals surface area contributed by atoms with Crippen molar-refractivity contribution in [3.63, 3.8) is 0 Å². The fraction of sp³-hybridized carbons (Fsp3) is 0.294. The predicted molar refractivity (Wildman–Crippen MR) is 94.1 cm³/mol. The number of halogens is 1. The lowest BCUT2D eigenvalue weighted by atomic mass is 10.0. The summed E-state index contributed by atoms with van der Waals surface area (Å²) in [5.41, 5.74) is 1.81. The number of pyridine rings is 1. The van der Waals surface area contributed by atoms with Gasteiger partial charge < -0.3 is 15.2 Å². The van der Waals surface area contributed by atoms with E-state index < -0.39 is 12.2 Å². The summed E-state index contributed by atoms with van der Waals surface area (Å²) in [7, 11) is 0. The smallest absolute Gasteiger partial charge is 0.261 e. The van der Waals surface area contributed by atoms with E-state index in [9.17, 15) is 9.90 Å². The molecule has 2 heterocycles. The van der Waals surface area contributed by atoms with Gasteiger partial charge in [-0.25, -0.2) is 0 Å². The standard InChI is InChI=1S/C17H17IN2O3/c18-13-4-6-15-11(8-13)3-5-16(23-15)17(22)20-10-14(21)12-2-1-7-19-9-12/h1-2,4,6-9,14,16,21H,3,5,10H2,(H,20,22)/t14-,16+/m1/s1. The first kappa shape index (κ1) is 16.2. The molecule has 0 radical (unpaired) electrons. The minimum absolute atomic E-state index is 0.143. The van der Waals surface area contributed by atoms with Gasteiger partial charge in [-0.1, -0.05) is 6.07 Å². The van der Waals surface area contributed by atoms with E-state index >= 15 is 0 Å². The Morgan fingerprint density at radius 1 is 1.48 bits per heavy atom. The number of carbonyl (C=O) groups excluding carboxylic acids is 1. The number of amides is 1. The number of hydrogen-bond acceptors (Lipinski definition) is 4. The lowest BCUT2D eigenvalue weighted by molar-refractivity contribution is -0.129. The third-order valence-electron chi connectivity index (χ3n) is 3.80. The van der Waals surface area contributed by atoms with E-state index in [0.717, 1.165) is 21.3 Å². The molecule has 1 aromatic heterocycles. The van der Waals surface area contributed by atoms with Crippen LogP contribution in [0.1, 0.15) is 23.7 Å². The van der Waals surface area contributed by atoms with Crippen LogP contribution >= 0.6 is 22.6 Å². The van der Waals surface area contributed by atoms with E-state index in [1.54, 1.807) is 24.5 Å². The quantitative estimate of drug-likeness (QED) is 0.739. The van der Waals surface area contributed by atoms with Crippen molar-refractivity contribution in [2.45, 2.75) is 25.0 Å². The third kappa shape index (κ3) is 4.00. The normalized spacial score (nSPS) is 17.7. The highest BCUT2D eigenvalue weighted by Gasteiger charge is 2.26. The van der Waals surface area contributed by atoms with Crippen LogP contribution < -0.4 is 10.1 Å². The predicted octanol–water partition coefficient (Wildman–Crippen LogP) is 2.23. The molecule has 1 aromatic carbocycles. The molecular formula is C17H17IN2O3. The largest absolute Gasteiger partial charge is 0.480 e. The maximum Gasteiger partial charge on any atom is 0.261 e. The van der Waals surface area contributed by atoms with E-state index in [2.05, 4.69) is 39.0 Å². The Bertz CT molecular complexity index is 693. The monoisotopic (exact) mass is 424 g/mol. The van der Waals surface area contributed by atoms with Crippen molar-refractivity contribution in [1.29, 1.82) is 0 Å². The summed E-state index contributed by atoms with van der Waals surface area (Å²) in [6.07, 6.45) is 3.40. The first-order chi connectivity index (χ1) is 11.1. The van der Waals surface area contributed by atoms with Gasteiger partial charge in [0.05, 0.1) is 6.10 Å². The zero-order valence-electron chi connectivity index (χ0n) is 12.4. The molecule has 1 aliphatic rings. The maximum absolute atomic E-state index is 12.2. The lowest BCUT2D eigenvalue weighted by Gasteiger charge is -2.25. The van der Waals surface area contributed by atoms with Crippen LogP contribution in [0, 0.1) is 3.57 Å². The summed E-state index contributed by atoms with van der Waals surface area (Å²) in [4.78, 5) is 16.2. The van der Waals surface area contributed by atoms with Gasteiger partial charge in [0.15, 0.2) is 6.10 Å². The summed E-state index contributed by atoms with van der Waals surface area (Å²) in [5, 5.41) is 12.8. The second-order valence-corrected chi connectivity index (χ2v) is 6.69. The number of nitrogens with zero attached hydrogens (tertiary/aromatic N) is 1. The van der Waals surface area contributed by atoms with Crippen LogP contribution in [0.5, 0.6) is 5.75 Å². The number of nitrogens with one attached hydrogen (secondary N) is 1. The van der Waals surface area contributed by atoms with E-state index in [1.807, 2.05) is 12.1 Å². The second-order valence-electron chi connectivity index (χ2n) is 5.44. The molecule has 0 aliphatic carbocycles. The minimum atomic E-state index is -0.773. The van der Waals surface area contributed by atoms with Crippen molar-refractivity contribution in [3.8, 4) is 5.75 Å². The van der Waals surface area contributed by atoms with Crippen LogP contribution in [0.4, 0.5) is 0 Å². The zero-order valence-corrected chi connectivity index (χ0v) is 14.6. The van der Waals surface area contributed by atoms with Gasteiger partial charge in [0, 0.05) is 28.1 Å². The van der Waals surface area contributed by atoms with Crippen LogP contribution in [-0.4, -0.2) is 28.6 Å². The Labute approximate surface area is 148 Å². The Morgan fingerprint density at radius 2 is 2.35 bits per heavy atom. The van der Waals surface area contributed by atoms with Crippen molar-refractivity contribution in [3.05, 3.63) is 57.4 Å². The molecular weight excluding hydrogens is 407 g/mol. The molecule has 6 heteroatoms. The van der Waals surface area contributed by atoms with Crippen LogP contribution in [0.2, 0.25) is 0 Å². The van der Waals surface area contributed by atoms with Gasteiger partial charge in [-0.2, -0.15) is 0 Å². The number of benzene rings is 1. The average molecular weight is 424 g/mol. The van der Waals surface area contributed by atoms with Crippen molar-refractivity contribution < 1.29 is 14.6 Å². The van der Waals surface area contributed by atoms with Gasteiger partial charge >= 0.3 is 0 Å². The van der Waals surface area contributed by atoms with Gasteiger partial charge in [-0.15, -0.1) is 0 Å². The highest BCUT2D eigenvalue weighted by molar-refractivity contribution is 14.1. The molecule has 0 unspecified atom stereocenters. The summed E-state index contributed by atoms with van der Waals surface area (Å²) in [6, 6.07) is 9.48. The lowest BCUT2D eigenvalue weighted by Crippen LogP contribution is -2.41. The van der Waals surface area contributed by atoms with Crippen molar-refractivity contribution in [2.24, 2.45) is 0 Å². The molecule has 1 amide bonds. The first-order valence-electron chi connectivity index (χ1n) is 7.44. The molecule has 0 spiro atoms. The van der Waals surface area contributed by atoms with E-state index in [0.29, 0.717) is 12.0 Å². The Kier molecular flexibility index (Phi) is 5.12. The maximum atomic E-state index is 12.2. The summed E-state index contributed by atoms with van der Waals surface area (Å²) in [5.74, 6) is 0.571. The summed E-state index contributed by atoms with van der Waals surface area (Å²) in [6.45, 7) is 0.143. The minimum Gasteiger partial charge on any atom is -0.480 e. The van der Waals surface area contributed by atoms with Crippen LogP contribution in [0.25, 0.3) is 0 Å². The number of aliphatic hydroxyl groups excluding tert-OH is 1. The second kappa shape index (κ2) is 7.27. The average Bonchev–Trinajstić information content (AvgIpc) is 2.59. The van der Waals surface area contributed by atoms with E-state index in [-0.39, 0.29) is 12.5 Å². The molecule has 2 N–H and O–H groups in total. The topological polar surface area (TPSA) is 71.5 Å². The number of aromatic nitrogens is 1. The van der Waals surface area contributed by atoms with Crippen molar-refractivity contribution in [2.75, 3.05) is 6.54 Å². The number of aryl methyl sites for hydroxylation is 1. The molecule has 5 nitrogen and oxygen atoms in total. The number of aliphatic hydroxyl groups is 1. The number of hydrogen-bond donors (Lipinski definition) is 2. The van der Waals surface area contributed by atoms with Gasteiger partial charge in [-0.05, 0) is 65.3 Å². The van der Waals surface area contributed by atoms with Crippen molar-refractivity contribution in [1.82, 2.24) is 10.3 Å². The molecule has 120 valence electrons. The molecule has 0 saturated carbocycles. The van der Waals surface area contributed by atoms with Gasteiger partial charge in [-0.3, -0.25) is 9.78 Å². The van der Waals surface area contributed by atoms with Crippen LogP contribution in [0.15, 0.2) is 42.7 Å². The molecule has 0 fully saturated rings. The third-order valence-corrected chi connectivity index (χ3v) is 4.47. The van der Waals surface area contributed by atoms with Gasteiger partial charge in [0.1, 0.15) is 5.75 Å². The molecule has 2 aromatic rings. The van der Waals surface area contributed by atoms with Crippen molar-refractivity contribution >= 4 is 28.5 Å². The number of rotatable bonds is 4. The number of fused-ring (bicyclic) bond motifs is 1. The van der Waals surface area contributed by atoms with Gasteiger partial charge in [0.2, 0.25) is 0 Å². The fourth-order valence-electron chi connectivity index (χ4n) is 2.54. The molecule has 0 saturated heterocycles. The number of ether oxygens (including phenoxy) is 1.